The summed E-state index contributed by atoms with van der Waals surface area (Å²) >= 11 is 0. The lowest BCUT2D eigenvalue weighted by molar-refractivity contribution is -0.130. The van der Waals surface area contributed by atoms with Crippen molar-refractivity contribution in [2.45, 2.75) is 52.0 Å². The summed E-state index contributed by atoms with van der Waals surface area (Å²) in [7, 11) is 0. The fourth-order valence-electron chi connectivity index (χ4n) is 4.15. The highest BCUT2D eigenvalue weighted by Gasteiger charge is 2.16. The van der Waals surface area contributed by atoms with Gasteiger partial charge < -0.3 is 15.5 Å². The highest BCUT2D eigenvalue weighted by molar-refractivity contribution is 14.0. The average Bonchev–Trinajstić information content (AvgIpc) is 2.95. The number of carbonyl (C=O) groups excluding carboxylic acids is 1. The summed E-state index contributed by atoms with van der Waals surface area (Å²) in [4.78, 5) is 21.3. The molecule has 3 rings (SSSR count). The number of nitrogens with one attached hydrogen (secondary N) is 2. The molecule has 2 aliphatic heterocycles. The summed E-state index contributed by atoms with van der Waals surface area (Å²) in [6, 6.07) is 8.77. The quantitative estimate of drug-likeness (QED) is 0.236. The lowest BCUT2D eigenvalue weighted by Gasteiger charge is -2.28. The van der Waals surface area contributed by atoms with E-state index in [4.69, 9.17) is 4.99 Å². The molecule has 1 saturated heterocycles. The molecule has 1 aromatic rings. The fraction of sp³-hybridized carbons (Fsp3) is 0.652. The summed E-state index contributed by atoms with van der Waals surface area (Å²) in [5.74, 6) is 1.20. The molecule has 2 heterocycles. The number of aliphatic imine (C=N–C) groups is 1. The van der Waals surface area contributed by atoms with Crippen LogP contribution in [0.15, 0.2) is 29.3 Å². The standard InChI is InChI=1S/C23H37N5O.HI/c1-2-24-23(25-13-8-16-28-15-7-3-4-11-22(28)29)26-14-18-27-17-12-20-9-5-6-10-21(20)19-27;/h5-6,9-10H,2-4,7-8,11-19H2,1H3,(H2,24,25,26);1H. The number of benzene rings is 1. The molecule has 2 aliphatic rings. The number of amides is 1. The Morgan fingerprint density at radius 2 is 1.87 bits per heavy atom. The molecule has 1 amide bonds. The molecular weight excluding hydrogens is 489 g/mol. The van der Waals surface area contributed by atoms with Crippen molar-refractivity contribution in [1.29, 1.82) is 0 Å². The number of likely N-dealkylation sites (tertiary alicyclic amines) is 1. The molecular formula is C23H38IN5O. The third-order valence-electron chi connectivity index (χ3n) is 5.80. The first-order valence-corrected chi connectivity index (χ1v) is 11.4. The number of guanidine groups is 1. The Bertz CT molecular complexity index is 681. The lowest BCUT2D eigenvalue weighted by Crippen LogP contribution is -2.42. The van der Waals surface area contributed by atoms with Gasteiger partial charge in [-0.3, -0.25) is 14.7 Å². The zero-order valence-corrected chi connectivity index (χ0v) is 20.7. The lowest BCUT2D eigenvalue weighted by atomic mass is 10.00. The summed E-state index contributed by atoms with van der Waals surface area (Å²) in [5.41, 5.74) is 2.96. The van der Waals surface area contributed by atoms with Crippen LogP contribution in [0.2, 0.25) is 0 Å². The normalized spacial score (nSPS) is 17.7. The fourth-order valence-corrected chi connectivity index (χ4v) is 4.15. The summed E-state index contributed by atoms with van der Waals surface area (Å²) in [5, 5.41) is 6.80. The van der Waals surface area contributed by atoms with Crippen LogP contribution < -0.4 is 10.6 Å². The van der Waals surface area contributed by atoms with Gasteiger partial charge in [-0.05, 0) is 43.7 Å². The number of rotatable bonds is 8. The van der Waals surface area contributed by atoms with Gasteiger partial charge in [0.1, 0.15) is 0 Å². The van der Waals surface area contributed by atoms with Crippen LogP contribution in [0.1, 0.15) is 50.2 Å². The van der Waals surface area contributed by atoms with E-state index < -0.39 is 0 Å². The van der Waals surface area contributed by atoms with Crippen LogP contribution in [0.5, 0.6) is 0 Å². The summed E-state index contributed by atoms with van der Waals surface area (Å²) < 4.78 is 0. The molecule has 2 N–H and O–H groups in total. The van der Waals surface area contributed by atoms with Crippen molar-refractivity contribution in [1.82, 2.24) is 20.4 Å². The predicted octanol–water partition coefficient (Wildman–Crippen LogP) is 3.01. The zero-order valence-electron chi connectivity index (χ0n) is 18.4. The third kappa shape index (κ3) is 8.06. The minimum absolute atomic E-state index is 0. The number of nitrogens with zero attached hydrogens (tertiary/aromatic N) is 3. The van der Waals surface area contributed by atoms with Crippen molar-refractivity contribution < 1.29 is 4.79 Å². The van der Waals surface area contributed by atoms with Gasteiger partial charge in [0.05, 0.1) is 0 Å². The first-order chi connectivity index (χ1) is 14.3. The van der Waals surface area contributed by atoms with Crippen LogP contribution in [0.4, 0.5) is 0 Å². The number of fused-ring (bicyclic) bond motifs is 1. The van der Waals surface area contributed by atoms with E-state index in [2.05, 4.69) is 46.7 Å². The first-order valence-electron chi connectivity index (χ1n) is 11.4. The highest BCUT2D eigenvalue weighted by Crippen LogP contribution is 2.17. The number of carbonyl (C=O) groups is 1. The molecule has 0 saturated carbocycles. The summed E-state index contributed by atoms with van der Waals surface area (Å²) in [6.07, 6.45) is 6.14. The minimum Gasteiger partial charge on any atom is -0.357 e. The average molecular weight is 527 g/mol. The van der Waals surface area contributed by atoms with Gasteiger partial charge in [-0.15, -0.1) is 24.0 Å². The van der Waals surface area contributed by atoms with E-state index in [0.717, 1.165) is 84.0 Å². The number of hydrogen-bond acceptors (Lipinski definition) is 3. The SMILES string of the molecule is CCNC(=NCCCN1CCCCCC1=O)NCCN1CCc2ccccc2C1.I. The van der Waals surface area contributed by atoms with Gasteiger partial charge in [0.15, 0.2) is 5.96 Å². The first kappa shape index (κ1) is 24.9. The molecule has 1 fully saturated rings. The van der Waals surface area contributed by atoms with Gasteiger partial charge in [0, 0.05) is 58.8 Å². The summed E-state index contributed by atoms with van der Waals surface area (Å²) in [6.45, 7) is 9.50. The smallest absolute Gasteiger partial charge is 0.222 e. The molecule has 0 aromatic heterocycles. The molecule has 0 spiro atoms. The van der Waals surface area contributed by atoms with Crippen molar-refractivity contribution >= 4 is 35.8 Å². The van der Waals surface area contributed by atoms with E-state index in [0.29, 0.717) is 12.3 Å². The molecule has 0 bridgehead atoms. The Morgan fingerprint density at radius 1 is 1.03 bits per heavy atom. The van der Waals surface area contributed by atoms with Crippen molar-refractivity contribution in [2.24, 2.45) is 4.99 Å². The van der Waals surface area contributed by atoms with E-state index in [9.17, 15) is 4.79 Å². The van der Waals surface area contributed by atoms with Crippen LogP contribution >= 0.6 is 24.0 Å². The van der Waals surface area contributed by atoms with Crippen LogP contribution in [-0.2, 0) is 17.8 Å². The van der Waals surface area contributed by atoms with E-state index in [1.165, 1.54) is 17.5 Å². The second-order valence-corrected chi connectivity index (χ2v) is 8.03. The largest absolute Gasteiger partial charge is 0.357 e. The Kier molecular flexibility index (Phi) is 11.5. The molecule has 0 radical (unpaired) electrons. The Hall–Kier alpha value is -1.35. The van der Waals surface area contributed by atoms with Gasteiger partial charge in [0.25, 0.3) is 0 Å². The van der Waals surface area contributed by atoms with Crippen molar-refractivity contribution in [2.75, 3.05) is 45.8 Å². The Balaban J connectivity index is 0.00000320. The van der Waals surface area contributed by atoms with Crippen molar-refractivity contribution in [3.8, 4) is 0 Å². The van der Waals surface area contributed by atoms with Gasteiger partial charge >= 0.3 is 0 Å². The topological polar surface area (TPSA) is 60.0 Å². The molecule has 0 atom stereocenters. The van der Waals surface area contributed by atoms with Crippen LogP contribution in [-0.4, -0.2) is 67.5 Å². The molecule has 1 aromatic carbocycles. The van der Waals surface area contributed by atoms with Crippen LogP contribution in [0, 0.1) is 0 Å². The minimum atomic E-state index is 0. The van der Waals surface area contributed by atoms with E-state index in [-0.39, 0.29) is 24.0 Å². The van der Waals surface area contributed by atoms with Gasteiger partial charge in [-0.25, -0.2) is 0 Å². The van der Waals surface area contributed by atoms with Gasteiger partial charge in [-0.1, -0.05) is 30.7 Å². The monoisotopic (exact) mass is 527 g/mol. The molecule has 0 aliphatic carbocycles. The maximum atomic E-state index is 12.1. The molecule has 0 unspecified atom stereocenters. The molecule has 7 heteroatoms. The molecule has 30 heavy (non-hydrogen) atoms. The third-order valence-corrected chi connectivity index (χ3v) is 5.80. The van der Waals surface area contributed by atoms with E-state index in [1.807, 2.05) is 4.90 Å². The number of halogens is 1. The van der Waals surface area contributed by atoms with Gasteiger partial charge in [-0.2, -0.15) is 0 Å². The number of hydrogen-bond donors (Lipinski definition) is 2. The van der Waals surface area contributed by atoms with Crippen LogP contribution in [0.3, 0.4) is 0 Å². The van der Waals surface area contributed by atoms with Crippen molar-refractivity contribution in [3.63, 3.8) is 0 Å². The van der Waals surface area contributed by atoms with Gasteiger partial charge in [0.2, 0.25) is 5.91 Å². The second-order valence-electron chi connectivity index (χ2n) is 8.03. The van der Waals surface area contributed by atoms with Crippen LogP contribution in [0.25, 0.3) is 0 Å². The van der Waals surface area contributed by atoms with E-state index in [1.54, 1.807) is 0 Å². The maximum absolute atomic E-state index is 12.1. The Morgan fingerprint density at radius 3 is 2.70 bits per heavy atom. The predicted molar refractivity (Wildman–Crippen MR) is 134 cm³/mol. The maximum Gasteiger partial charge on any atom is 0.222 e. The van der Waals surface area contributed by atoms with E-state index >= 15 is 0 Å². The molecule has 168 valence electrons. The zero-order chi connectivity index (χ0) is 20.3. The van der Waals surface area contributed by atoms with Crippen molar-refractivity contribution in [3.05, 3.63) is 35.4 Å². The molecule has 6 nitrogen and oxygen atoms in total. The Labute approximate surface area is 198 Å². The highest BCUT2D eigenvalue weighted by atomic mass is 127. The second kappa shape index (κ2) is 13.9.